The molecule has 1 aliphatic heterocycles. The fourth-order valence-corrected chi connectivity index (χ4v) is 1.53. The van der Waals surface area contributed by atoms with Gasteiger partial charge in [-0.1, -0.05) is 44.2 Å². The Morgan fingerprint density at radius 1 is 1.00 bits per heavy atom. The van der Waals surface area contributed by atoms with E-state index in [0.717, 1.165) is 5.52 Å². The first kappa shape index (κ1) is 11.5. The normalized spacial score (nSPS) is 15.6. The van der Waals surface area contributed by atoms with Gasteiger partial charge in [0, 0.05) is 29.4 Å². The Bertz CT molecular complexity index is 474. The third-order valence-corrected chi connectivity index (χ3v) is 2.51. The van der Waals surface area contributed by atoms with Crippen molar-refractivity contribution < 1.29 is 0 Å². The molecule has 0 saturated carbocycles. The molecule has 2 heteroatoms. The monoisotopic (exact) mass is 224 g/mol. The van der Waals surface area contributed by atoms with Crippen molar-refractivity contribution in [3.05, 3.63) is 54.9 Å². The molecule has 0 unspecified atom stereocenters. The van der Waals surface area contributed by atoms with Crippen molar-refractivity contribution in [3.63, 3.8) is 0 Å². The van der Waals surface area contributed by atoms with Crippen LogP contribution in [-0.4, -0.2) is 11.2 Å². The molecule has 2 nitrogen and oxygen atoms in total. The van der Waals surface area contributed by atoms with Gasteiger partial charge in [-0.2, -0.15) is 0 Å². The zero-order valence-corrected chi connectivity index (χ0v) is 10.2. The van der Waals surface area contributed by atoms with Crippen LogP contribution in [0.2, 0.25) is 0 Å². The molecule has 1 aromatic carbocycles. The Hall–Kier alpha value is -1.96. The number of benzene rings is 1. The standard InChI is InChI=1S/C9H7N.C6H9N/c1-2-6-9-8(4-1)5-3-7-10-9;1-6(2)3-4-7-5-6/h1-7H;3-5H,1-2H3. The summed E-state index contributed by atoms with van der Waals surface area (Å²) < 4.78 is 0. The molecule has 0 aliphatic carbocycles. The van der Waals surface area contributed by atoms with E-state index in [9.17, 15) is 0 Å². The number of fused-ring (bicyclic) bond motifs is 1. The molecule has 86 valence electrons. The molecule has 0 spiro atoms. The molecule has 2 aromatic rings. The van der Waals surface area contributed by atoms with E-state index in [1.807, 2.05) is 42.9 Å². The van der Waals surface area contributed by atoms with Crippen LogP contribution in [0, 0.1) is 5.41 Å². The summed E-state index contributed by atoms with van der Waals surface area (Å²) in [6, 6.07) is 12.1. The lowest BCUT2D eigenvalue weighted by molar-refractivity contribution is 0.706. The first-order valence-corrected chi connectivity index (χ1v) is 5.69. The van der Waals surface area contributed by atoms with Gasteiger partial charge in [-0.15, -0.1) is 0 Å². The lowest BCUT2D eigenvalue weighted by atomic mass is 9.97. The maximum atomic E-state index is 4.18. The van der Waals surface area contributed by atoms with Gasteiger partial charge in [0.25, 0.3) is 0 Å². The van der Waals surface area contributed by atoms with E-state index in [-0.39, 0.29) is 5.41 Å². The summed E-state index contributed by atoms with van der Waals surface area (Å²) >= 11 is 0. The molecule has 0 atom stereocenters. The molecular formula is C15H16N2. The van der Waals surface area contributed by atoms with Crippen LogP contribution in [0.15, 0.2) is 59.9 Å². The maximum Gasteiger partial charge on any atom is 0.0701 e. The van der Waals surface area contributed by atoms with Crippen molar-refractivity contribution >= 4 is 17.1 Å². The lowest BCUT2D eigenvalue weighted by Gasteiger charge is -2.05. The van der Waals surface area contributed by atoms with Crippen molar-refractivity contribution in [3.8, 4) is 0 Å². The predicted molar refractivity (Wildman–Crippen MR) is 73.2 cm³/mol. The van der Waals surface area contributed by atoms with Crippen molar-refractivity contribution in [2.24, 2.45) is 10.4 Å². The summed E-state index contributed by atoms with van der Waals surface area (Å²) in [6.07, 6.45) is 7.66. The van der Waals surface area contributed by atoms with Crippen molar-refractivity contribution in [2.75, 3.05) is 0 Å². The number of allylic oxidation sites excluding steroid dienone is 1. The van der Waals surface area contributed by atoms with E-state index < -0.39 is 0 Å². The van der Waals surface area contributed by atoms with Crippen LogP contribution >= 0.6 is 0 Å². The van der Waals surface area contributed by atoms with Gasteiger partial charge in [-0.05, 0) is 12.1 Å². The zero-order chi connectivity index (χ0) is 12.1. The minimum atomic E-state index is 0.222. The van der Waals surface area contributed by atoms with Gasteiger partial charge in [-0.25, -0.2) is 0 Å². The first-order chi connectivity index (χ1) is 8.17. The fourth-order valence-electron chi connectivity index (χ4n) is 1.53. The number of pyridine rings is 1. The topological polar surface area (TPSA) is 25.2 Å². The lowest BCUT2D eigenvalue weighted by Crippen LogP contribution is -2.03. The third kappa shape index (κ3) is 3.25. The number of nitrogens with zero attached hydrogens (tertiary/aromatic N) is 2. The Morgan fingerprint density at radius 2 is 1.76 bits per heavy atom. The second kappa shape index (κ2) is 4.91. The fraction of sp³-hybridized carbons (Fsp3) is 0.200. The maximum absolute atomic E-state index is 4.18. The molecule has 0 amide bonds. The summed E-state index contributed by atoms with van der Waals surface area (Å²) in [5.74, 6) is 0. The van der Waals surface area contributed by atoms with E-state index in [4.69, 9.17) is 0 Å². The Balaban J connectivity index is 0.000000136. The van der Waals surface area contributed by atoms with Gasteiger partial charge in [0.15, 0.2) is 0 Å². The van der Waals surface area contributed by atoms with Crippen molar-refractivity contribution in [1.82, 2.24) is 4.98 Å². The van der Waals surface area contributed by atoms with Gasteiger partial charge < -0.3 is 0 Å². The number of rotatable bonds is 0. The minimum absolute atomic E-state index is 0.222. The van der Waals surface area contributed by atoms with Crippen LogP contribution in [0.25, 0.3) is 10.9 Å². The SMILES string of the molecule is CC1(C)C=CN=C1.c1ccc2ncccc2c1. The Morgan fingerprint density at radius 3 is 2.35 bits per heavy atom. The third-order valence-electron chi connectivity index (χ3n) is 2.51. The van der Waals surface area contributed by atoms with Crippen molar-refractivity contribution in [2.45, 2.75) is 13.8 Å². The van der Waals surface area contributed by atoms with Gasteiger partial charge in [0.1, 0.15) is 0 Å². The summed E-state index contributed by atoms with van der Waals surface area (Å²) in [5.41, 5.74) is 1.28. The second-order valence-corrected chi connectivity index (χ2v) is 4.61. The Kier molecular flexibility index (Phi) is 3.33. The summed E-state index contributed by atoms with van der Waals surface area (Å²) in [7, 11) is 0. The number of para-hydroxylation sites is 1. The zero-order valence-electron chi connectivity index (χ0n) is 10.2. The molecule has 17 heavy (non-hydrogen) atoms. The highest BCUT2D eigenvalue weighted by Gasteiger charge is 2.11. The van der Waals surface area contributed by atoms with E-state index in [1.165, 1.54) is 5.39 Å². The summed E-state index contributed by atoms with van der Waals surface area (Å²) in [5, 5.41) is 1.20. The number of hydrogen-bond acceptors (Lipinski definition) is 2. The van der Waals surface area contributed by atoms with Crippen LogP contribution in [0.3, 0.4) is 0 Å². The van der Waals surface area contributed by atoms with Gasteiger partial charge in [0.05, 0.1) is 5.52 Å². The smallest absolute Gasteiger partial charge is 0.0701 e. The number of aliphatic imine (C=N–C) groups is 1. The van der Waals surface area contributed by atoms with Crippen LogP contribution in [0.5, 0.6) is 0 Å². The summed E-state index contributed by atoms with van der Waals surface area (Å²) in [4.78, 5) is 8.11. The second-order valence-electron chi connectivity index (χ2n) is 4.61. The molecule has 0 saturated heterocycles. The highest BCUT2D eigenvalue weighted by Crippen LogP contribution is 2.17. The molecule has 0 radical (unpaired) electrons. The molecule has 3 rings (SSSR count). The van der Waals surface area contributed by atoms with Crippen LogP contribution in [0.4, 0.5) is 0 Å². The van der Waals surface area contributed by atoms with Crippen LogP contribution in [-0.2, 0) is 0 Å². The molecule has 0 fully saturated rings. The van der Waals surface area contributed by atoms with Gasteiger partial charge in [0.2, 0.25) is 0 Å². The molecule has 0 bridgehead atoms. The average molecular weight is 224 g/mol. The molecule has 2 heterocycles. The first-order valence-electron chi connectivity index (χ1n) is 5.69. The highest BCUT2D eigenvalue weighted by molar-refractivity contribution is 5.77. The molecule has 1 aliphatic rings. The average Bonchev–Trinajstić information content (AvgIpc) is 2.75. The van der Waals surface area contributed by atoms with E-state index >= 15 is 0 Å². The largest absolute Gasteiger partial charge is 0.268 e. The van der Waals surface area contributed by atoms with E-state index in [0.29, 0.717) is 0 Å². The predicted octanol–water partition coefficient (Wildman–Crippen LogP) is 3.85. The van der Waals surface area contributed by atoms with E-state index in [2.05, 4.69) is 42.0 Å². The van der Waals surface area contributed by atoms with E-state index in [1.54, 1.807) is 0 Å². The van der Waals surface area contributed by atoms with Gasteiger partial charge >= 0.3 is 0 Å². The quantitative estimate of drug-likeness (QED) is 0.667. The Labute approximate surface area is 102 Å². The summed E-state index contributed by atoms with van der Waals surface area (Å²) in [6.45, 7) is 4.25. The minimum Gasteiger partial charge on any atom is -0.268 e. The van der Waals surface area contributed by atoms with Crippen molar-refractivity contribution in [1.29, 1.82) is 0 Å². The molecule has 0 N–H and O–H groups in total. The molecule has 1 aromatic heterocycles. The van der Waals surface area contributed by atoms with Crippen LogP contribution < -0.4 is 0 Å². The van der Waals surface area contributed by atoms with Gasteiger partial charge in [-0.3, -0.25) is 9.98 Å². The van der Waals surface area contributed by atoms with Crippen LogP contribution in [0.1, 0.15) is 13.8 Å². The number of hydrogen-bond donors (Lipinski definition) is 0. The highest BCUT2D eigenvalue weighted by atomic mass is 14.7. The molecular weight excluding hydrogens is 208 g/mol. The number of aromatic nitrogens is 1.